The van der Waals surface area contributed by atoms with E-state index in [2.05, 4.69) is 25.2 Å². The van der Waals surface area contributed by atoms with Crippen molar-refractivity contribution in [2.24, 2.45) is 5.92 Å². The van der Waals surface area contributed by atoms with Crippen LogP contribution in [0.4, 0.5) is 5.69 Å². The summed E-state index contributed by atoms with van der Waals surface area (Å²) < 4.78 is 5.64. The smallest absolute Gasteiger partial charge is 0.255 e. The van der Waals surface area contributed by atoms with Crippen LogP contribution < -0.4 is 10.1 Å². The molecule has 23 heavy (non-hydrogen) atoms. The summed E-state index contributed by atoms with van der Waals surface area (Å²) in [6.07, 6.45) is 0.365. The first-order valence-electron chi connectivity index (χ1n) is 7.58. The molecule has 0 bridgehead atoms. The maximum atomic E-state index is 12.3. The summed E-state index contributed by atoms with van der Waals surface area (Å²) in [4.78, 5) is 12.3. The molecule has 0 radical (unpaired) electrons. The normalized spacial score (nSPS) is 10.2. The third kappa shape index (κ3) is 5.15. The molecular formula is C19H20N2O2. The number of amides is 1. The van der Waals surface area contributed by atoms with Gasteiger partial charge < -0.3 is 10.1 Å². The minimum absolute atomic E-state index is 0.187. The maximum absolute atomic E-state index is 12.3. The van der Waals surface area contributed by atoms with Crippen molar-refractivity contribution in [2.45, 2.75) is 20.3 Å². The lowest BCUT2D eigenvalue weighted by Gasteiger charge is -2.10. The van der Waals surface area contributed by atoms with Gasteiger partial charge in [0.2, 0.25) is 0 Å². The Bertz CT molecular complexity index is 700. The molecule has 2 aromatic rings. The first-order valence-corrected chi connectivity index (χ1v) is 7.58. The molecule has 0 aromatic heterocycles. The molecule has 0 spiro atoms. The zero-order chi connectivity index (χ0) is 16.7. The van der Waals surface area contributed by atoms with Gasteiger partial charge in [0.25, 0.3) is 5.91 Å². The third-order valence-electron chi connectivity index (χ3n) is 3.17. The number of nitriles is 1. The highest BCUT2D eigenvalue weighted by Gasteiger charge is 2.08. The Hall–Kier alpha value is -2.80. The summed E-state index contributed by atoms with van der Waals surface area (Å²) in [7, 11) is 0. The van der Waals surface area contributed by atoms with E-state index in [1.807, 2.05) is 18.2 Å². The SMILES string of the molecule is CC(C)COc1cccc(C(=O)Nc2ccc(CC#N)cc2)c1. The summed E-state index contributed by atoms with van der Waals surface area (Å²) in [5.41, 5.74) is 2.17. The Balaban J connectivity index is 2.02. The van der Waals surface area contributed by atoms with Crippen LogP contribution >= 0.6 is 0 Å². The highest BCUT2D eigenvalue weighted by molar-refractivity contribution is 6.04. The summed E-state index contributed by atoms with van der Waals surface area (Å²) in [6.45, 7) is 4.77. The number of anilines is 1. The first-order chi connectivity index (χ1) is 11.1. The number of hydrogen-bond acceptors (Lipinski definition) is 3. The van der Waals surface area contributed by atoms with Crippen LogP contribution in [0.15, 0.2) is 48.5 Å². The second-order valence-corrected chi connectivity index (χ2v) is 5.72. The molecule has 0 aliphatic rings. The van der Waals surface area contributed by atoms with E-state index in [1.54, 1.807) is 30.3 Å². The minimum Gasteiger partial charge on any atom is -0.493 e. The van der Waals surface area contributed by atoms with Crippen LogP contribution in [0.25, 0.3) is 0 Å². The summed E-state index contributed by atoms with van der Waals surface area (Å²) in [5, 5.41) is 11.5. The van der Waals surface area contributed by atoms with Gasteiger partial charge in [-0.3, -0.25) is 4.79 Å². The predicted molar refractivity (Wildman–Crippen MR) is 90.5 cm³/mol. The van der Waals surface area contributed by atoms with Gasteiger partial charge in [-0.15, -0.1) is 0 Å². The molecule has 0 unspecified atom stereocenters. The molecule has 118 valence electrons. The Labute approximate surface area is 136 Å². The van der Waals surface area contributed by atoms with Crippen LogP contribution in [0.2, 0.25) is 0 Å². The van der Waals surface area contributed by atoms with Crippen LogP contribution in [-0.4, -0.2) is 12.5 Å². The maximum Gasteiger partial charge on any atom is 0.255 e. The lowest BCUT2D eigenvalue weighted by Crippen LogP contribution is -2.12. The molecule has 0 saturated heterocycles. The van der Waals surface area contributed by atoms with Gasteiger partial charge in [-0.2, -0.15) is 5.26 Å². The number of carbonyl (C=O) groups is 1. The number of nitrogens with zero attached hydrogens (tertiary/aromatic N) is 1. The Kier molecular flexibility index (Phi) is 5.76. The largest absolute Gasteiger partial charge is 0.493 e. The van der Waals surface area contributed by atoms with Crippen molar-refractivity contribution in [2.75, 3.05) is 11.9 Å². The number of hydrogen-bond donors (Lipinski definition) is 1. The molecule has 1 amide bonds. The second-order valence-electron chi connectivity index (χ2n) is 5.72. The molecule has 0 atom stereocenters. The molecule has 4 nitrogen and oxygen atoms in total. The standard InChI is InChI=1S/C19H20N2O2/c1-14(2)13-23-18-5-3-4-16(12-18)19(22)21-17-8-6-15(7-9-17)10-11-20/h3-9,12,14H,10,13H2,1-2H3,(H,21,22). The minimum atomic E-state index is -0.187. The second kappa shape index (κ2) is 8.00. The van der Waals surface area contributed by atoms with Crippen molar-refractivity contribution in [1.82, 2.24) is 0 Å². The summed E-state index contributed by atoms with van der Waals surface area (Å²) in [5.74, 6) is 0.933. The Morgan fingerprint density at radius 2 is 1.96 bits per heavy atom. The highest BCUT2D eigenvalue weighted by atomic mass is 16.5. The number of carbonyl (C=O) groups excluding carboxylic acids is 1. The molecule has 0 heterocycles. The van der Waals surface area contributed by atoms with Crippen molar-refractivity contribution in [3.63, 3.8) is 0 Å². The molecule has 2 aromatic carbocycles. The van der Waals surface area contributed by atoms with Crippen molar-refractivity contribution in [3.05, 3.63) is 59.7 Å². The lowest BCUT2D eigenvalue weighted by atomic mass is 10.1. The van der Waals surface area contributed by atoms with Crippen molar-refractivity contribution in [1.29, 1.82) is 5.26 Å². The van der Waals surface area contributed by atoms with E-state index in [0.29, 0.717) is 35.9 Å². The number of rotatable bonds is 6. The van der Waals surface area contributed by atoms with Gasteiger partial charge in [0.15, 0.2) is 0 Å². The lowest BCUT2D eigenvalue weighted by molar-refractivity contribution is 0.102. The van der Waals surface area contributed by atoms with Crippen molar-refractivity contribution in [3.8, 4) is 11.8 Å². The van der Waals surface area contributed by atoms with E-state index >= 15 is 0 Å². The average Bonchev–Trinajstić information content (AvgIpc) is 2.55. The third-order valence-corrected chi connectivity index (χ3v) is 3.17. The number of benzene rings is 2. The van der Waals surface area contributed by atoms with Crippen molar-refractivity contribution < 1.29 is 9.53 Å². The summed E-state index contributed by atoms with van der Waals surface area (Å²) >= 11 is 0. The van der Waals surface area contributed by atoms with Gasteiger partial charge in [-0.25, -0.2) is 0 Å². The van der Waals surface area contributed by atoms with E-state index in [-0.39, 0.29) is 5.91 Å². The van der Waals surface area contributed by atoms with Crippen LogP contribution in [0.1, 0.15) is 29.8 Å². The van der Waals surface area contributed by atoms with E-state index in [9.17, 15) is 4.79 Å². The van der Waals surface area contributed by atoms with Crippen LogP contribution in [0.3, 0.4) is 0 Å². The van der Waals surface area contributed by atoms with Gasteiger partial charge in [0.1, 0.15) is 5.75 Å². The topological polar surface area (TPSA) is 62.1 Å². The monoisotopic (exact) mass is 308 g/mol. The zero-order valence-electron chi connectivity index (χ0n) is 13.4. The molecular weight excluding hydrogens is 288 g/mol. The van der Waals surface area contributed by atoms with Gasteiger partial charge in [0.05, 0.1) is 19.1 Å². The van der Waals surface area contributed by atoms with Crippen molar-refractivity contribution >= 4 is 11.6 Å². The van der Waals surface area contributed by atoms with Crippen LogP contribution in [0, 0.1) is 17.2 Å². The predicted octanol–water partition coefficient (Wildman–Crippen LogP) is 4.04. The van der Waals surface area contributed by atoms with E-state index in [1.165, 1.54) is 0 Å². The van der Waals surface area contributed by atoms with Crippen LogP contribution in [0.5, 0.6) is 5.75 Å². The number of nitrogens with one attached hydrogen (secondary N) is 1. The molecule has 0 aliphatic carbocycles. The zero-order valence-corrected chi connectivity index (χ0v) is 13.4. The van der Waals surface area contributed by atoms with Gasteiger partial charge in [-0.1, -0.05) is 32.0 Å². The molecule has 0 saturated carbocycles. The fourth-order valence-corrected chi connectivity index (χ4v) is 1.99. The molecule has 0 aliphatic heterocycles. The Morgan fingerprint density at radius 3 is 2.61 bits per heavy atom. The van der Waals surface area contributed by atoms with E-state index in [4.69, 9.17) is 10.00 Å². The fourth-order valence-electron chi connectivity index (χ4n) is 1.99. The van der Waals surface area contributed by atoms with Crippen LogP contribution in [-0.2, 0) is 6.42 Å². The molecule has 2 rings (SSSR count). The van der Waals surface area contributed by atoms with Gasteiger partial charge >= 0.3 is 0 Å². The van der Waals surface area contributed by atoms with E-state index < -0.39 is 0 Å². The quantitative estimate of drug-likeness (QED) is 0.876. The summed E-state index contributed by atoms with van der Waals surface area (Å²) in [6, 6.07) is 16.5. The molecule has 0 fully saturated rings. The Morgan fingerprint density at radius 1 is 1.22 bits per heavy atom. The van der Waals surface area contributed by atoms with Gasteiger partial charge in [0, 0.05) is 11.3 Å². The fraction of sp³-hybridized carbons (Fsp3) is 0.263. The average molecular weight is 308 g/mol. The molecule has 1 N–H and O–H groups in total. The van der Waals surface area contributed by atoms with E-state index in [0.717, 1.165) is 5.56 Å². The highest BCUT2D eigenvalue weighted by Crippen LogP contribution is 2.16. The first kappa shape index (κ1) is 16.6. The van der Waals surface area contributed by atoms with Gasteiger partial charge in [-0.05, 0) is 41.8 Å². The molecule has 4 heteroatoms. The number of ether oxygens (including phenoxy) is 1.